The zero-order valence-electron chi connectivity index (χ0n) is 25.2. The number of nitrogens with zero attached hydrogens (tertiary/aromatic N) is 2. The molecular formula is C35H38BrN3O4S. The molecule has 0 aliphatic carbocycles. The normalized spacial score (nSPS) is 12.0. The van der Waals surface area contributed by atoms with Crippen LogP contribution in [-0.2, 0) is 32.6 Å². The lowest BCUT2D eigenvalue weighted by atomic mass is 10.0. The Labute approximate surface area is 269 Å². The van der Waals surface area contributed by atoms with Crippen molar-refractivity contribution in [3.63, 3.8) is 0 Å². The van der Waals surface area contributed by atoms with Gasteiger partial charge < -0.3 is 10.2 Å². The molecule has 0 aliphatic rings. The summed E-state index contributed by atoms with van der Waals surface area (Å²) < 4.78 is 30.0. The van der Waals surface area contributed by atoms with Crippen LogP contribution in [0.2, 0.25) is 0 Å². The van der Waals surface area contributed by atoms with E-state index in [1.54, 1.807) is 30.3 Å². The first-order valence-corrected chi connectivity index (χ1v) is 16.8. The predicted molar refractivity (Wildman–Crippen MR) is 179 cm³/mol. The molecule has 0 aromatic heterocycles. The highest BCUT2D eigenvalue weighted by molar-refractivity contribution is 9.10. The monoisotopic (exact) mass is 675 g/mol. The Hall–Kier alpha value is -3.95. The van der Waals surface area contributed by atoms with Gasteiger partial charge in [0, 0.05) is 24.0 Å². The number of carbonyl (C=O) groups is 2. The van der Waals surface area contributed by atoms with Crippen molar-refractivity contribution in [3.05, 3.63) is 130 Å². The maximum atomic E-state index is 14.4. The lowest BCUT2D eigenvalue weighted by Gasteiger charge is -2.34. The number of amides is 2. The van der Waals surface area contributed by atoms with Crippen LogP contribution in [0.1, 0.15) is 30.5 Å². The van der Waals surface area contributed by atoms with Crippen LogP contribution >= 0.6 is 15.9 Å². The number of sulfonamides is 1. The second-order valence-electron chi connectivity index (χ2n) is 11.2. The molecule has 44 heavy (non-hydrogen) atoms. The van der Waals surface area contributed by atoms with Gasteiger partial charge in [-0.05, 0) is 60.4 Å². The molecule has 0 aliphatic heterocycles. The third kappa shape index (κ3) is 8.80. The molecule has 4 aromatic rings. The van der Waals surface area contributed by atoms with Gasteiger partial charge in [-0.1, -0.05) is 108 Å². The molecule has 7 nitrogen and oxygen atoms in total. The minimum absolute atomic E-state index is 0.0725. The topological polar surface area (TPSA) is 86.8 Å². The maximum absolute atomic E-state index is 14.4. The second kappa shape index (κ2) is 15.2. The molecular weight excluding hydrogens is 638 g/mol. The van der Waals surface area contributed by atoms with Gasteiger partial charge in [0.25, 0.3) is 10.0 Å². The molecule has 0 bridgehead atoms. The molecule has 9 heteroatoms. The van der Waals surface area contributed by atoms with Gasteiger partial charge >= 0.3 is 0 Å². The number of nitrogens with one attached hydrogen (secondary N) is 1. The number of anilines is 1. The minimum Gasteiger partial charge on any atom is -0.354 e. The van der Waals surface area contributed by atoms with E-state index >= 15 is 0 Å². The molecule has 0 unspecified atom stereocenters. The smallest absolute Gasteiger partial charge is 0.264 e. The summed E-state index contributed by atoms with van der Waals surface area (Å²) >= 11 is 3.46. The Kier molecular flexibility index (Phi) is 11.4. The Morgan fingerprint density at radius 1 is 0.795 bits per heavy atom. The summed E-state index contributed by atoms with van der Waals surface area (Å²) in [5, 5.41) is 3.01. The third-order valence-electron chi connectivity index (χ3n) is 7.15. The van der Waals surface area contributed by atoms with Crippen LogP contribution in [0.4, 0.5) is 5.69 Å². The number of benzene rings is 4. The van der Waals surface area contributed by atoms with E-state index in [1.807, 2.05) is 87.5 Å². The molecule has 1 N–H and O–H groups in total. The van der Waals surface area contributed by atoms with E-state index in [2.05, 4.69) is 21.2 Å². The van der Waals surface area contributed by atoms with Crippen LogP contribution in [0.15, 0.2) is 119 Å². The van der Waals surface area contributed by atoms with Crippen LogP contribution in [0.5, 0.6) is 0 Å². The zero-order chi connectivity index (χ0) is 31.7. The van der Waals surface area contributed by atoms with Crippen LogP contribution in [0.3, 0.4) is 0 Å². The Morgan fingerprint density at radius 2 is 1.39 bits per heavy atom. The lowest BCUT2D eigenvalue weighted by Crippen LogP contribution is -2.53. The number of halogens is 1. The van der Waals surface area contributed by atoms with E-state index in [9.17, 15) is 18.0 Å². The van der Waals surface area contributed by atoms with Gasteiger partial charge in [0.1, 0.15) is 12.6 Å². The van der Waals surface area contributed by atoms with Crippen LogP contribution in [0, 0.1) is 12.8 Å². The maximum Gasteiger partial charge on any atom is 0.264 e. The van der Waals surface area contributed by atoms with Gasteiger partial charge in [0.2, 0.25) is 11.8 Å². The fraction of sp³-hybridized carbons (Fsp3) is 0.257. The van der Waals surface area contributed by atoms with E-state index in [0.29, 0.717) is 12.2 Å². The van der Waals surface area contributed by atoms with Gasteiger partial charge in [-0.25, -0.2) is 8.42 Å². The van der Waals surface area contributed by atoms with Gasteiger partial charge in [0.05, 0.1) is 10.6 Å². The number of rotatable bonds is 13. The molecule has 0 fully saturated rings. The van der Waals surface area contributed by atoms with Crippen molar-refractivity contribution in [1.29, 1.82) is 0 Å². The van der Waals surface area contributed by atoms with E-state index in [1.165, 1.54) is 17.0 Å². The van der Waals surface area contributed by atoms with Gasteiger partial charge in [-0.15, -0.1) is 0 Å². The molecule has 1 atom stereocenters. The van der Waals surface area contributed by atoms with Gasteiger partial charge in [0.15, 0.2) is 0 Å². The number of hydrogen-bond acceptors (Lipinski definition) is 4. The summed E-state index contributed by atoms with van der Waals surface area (Å²) in [6.07, 6.45) is 0.267. The summed E-state index contributed by atoms with van der Waals surface area (Å²) in [5.41, 5.74) is 3.01. The fourth-order valence-corrected chi connectivity index (χ4v) is 6.42. The van der Waals surface area contributed by atoms with Crippen molar-refractivity contribution < 1.29 is 18.0 Å². The van der Waals surface area contributed by atoms with Crippen LogP contribution < -0.4 is 9.62 Å². The molecule has 0 spiro atoms. The molecule has 4 rings (SSSR count). The summed E-state index contributed by atoms with van der Waals surface area (Å²) in [7, 11) is -4.12. The van der Waals surface area contributed by atoms with E-state index in [4.69, 9.17) is 0 Å². The first kappa shape index (κ1) is 33.0. The molecule has 0 saturated carbocycles. The Morgan fingerprint density at radius 3 is 1.98 bits per heavy atom. The van der Waals surface area contributed by atoms with Crippen molar-refractivity contribution >= 4 is 43.5 Å². The molecule has 0 heterocycles. The highest BCUT2D eigenvalue weighted by Gasteiger charge is 2.34. The van der Waals surface area contributed by atoms with Crippen LogP contribution in [0.25, 0.3) is 0 Å². The third-order valence-corrected chi connectivity index (χ3v) is 9.47. The molecule has 2 amide bonds. The molecule has 4 aromatic carbocycles. The number of carbonyl (C=O) groups excluding carboxylic acids is 2. The summed E-state index contributed by atoms with van der Waals surface area (Å²) in [6, 6.07) is 31.2. The summed E-state index contributed by atoms with van der Waals surface area (Å²) in [4.78, 5) is 29.8. The van der Waals surface area contributed by atoms with Crippen molar-refractivity contribution in [2.45, 2.75) is 44.7 Å². The second-order valence-corrected chi connectivity index (χ2v) is 13.9. The fourth-order valence-electron chi connectivity index (χ4n) is 4.72. The quantitative estimate of drug-likeness (QED) is 0.179. The summed E-state index contributed by atoms with van der Waals surface area (Å²) in [6.45, 7) is 6.00. The Balaban J connectivity index is 1.78. The van der Waals surface area contributed by atoms with Crippen molar-refractivity contribution in [3.8, 4) is 0 Å². The highest BCUT2D eigenvalue weighted by atomic mass is 79.9. The van der Waals surface area contributed by atoms with E-state index < -0.39 is 28.5 Å². The molecule has 230 valence electrons. The van der Waals surface area contributed by atoms with E-state index in [0.717, 1.165) is 25.5 Å². The largest absolute Gasteiger partial charge is 0.354 e. The average molecular weight is 677 g/mol. The van der Waals surface area contributed by atoms with Gasteiger partial charge in [-0.3, -0.25) is 13.9 Å². The van der Waals surface area contributed by atoms with Crippen LogP contribution in [-0.4, -0.2) is 44.3 Å². The summed E-state index contributed by atoms with van der Waals surface area (Å²) in [5.74, 6) is -0.575. The predicted octanol–water partition coefficient (Wildman–Crippen LogP) is 6.37. The van der Waals surface area contributed by atoms with Crippen molar-refractivity contribution in [2.75, 3.05) is 17.4 Å². The van der Waals surface area contributed by atoms with Gasteiger partial charge in [-0.2, -0.15) is 0 Å². The average Bonchev–Trinajstić information content (AvgIpc) is 3.02. The van der Waals surface area contributed by atoms with Crippen molar-refractivity contribution in [2.24, 2.45) is 5.92 Å². The SMILES string of the molecule is Cc1ccc(N(CC(=O)N(Cc2ccc(Br)cc2)[C@H](Cc2ccccc2)C(=O)NCC(C)C)S(=O)(=O)c2ccccc2)cc1. The molecule has 0 saturated heterocycles. The number of hydrogen-bond donors (Lipinski definition) is 1. The lowest BCUT2D eigenvalue weighted by molar-refractivity contribution is -0.140. The number of aryl methyl sites for hydroxylation is 1. The Bertz CT molecular complexity index is 1630. The van der Waals surface area contributed by atoms with Crippen molar-refractivity contribution in [1.82, 2.24) is 10.2 Å². The first-order chi connectivity index (χ1) is 21.0. The highest BCUT2D eigenvalue weighted by Crippen LogP contribution is 2.25. The molecule has 0 radical (unpaired) electrons. The van der Waals surface area contributed by atoms with E-state index in [-0.39, 0.29) is 29.7 Å². The zero-order valence-corrected chi connectivity index (χ0v) is 27.6. The first-order valence-electron chi connectivity index (χ1n) is 14.5. The minimum atomic E-state index is -4.12. The standard InChI is InChI=1S/C35H38BrN3O4S/c1-26(2)23-37-35(41)33(22-28-10-6-4-7-11-28)38(24-29-16-18-30(36)19-17-29)34(40)25-39(31-20-14-27(3)15-21-31)44(42,43)32-12-8-5-9-13-32/h4-21,26,33H,22-25H2,1-3H3,(H,37,41)/t33-/m1/s1.